The maximum atomic E-state index is 13.9. The summed E-state index contributed by atoms with van der Waals surface area (Å²) in [5, 5.41) is 12.5. The van der Waals surface area contributed by atoms with E-state index in [-0.39, 0.29) is 24.9 Å². The number of anilines is 1. The number of hydrogen-bond donors (Lipinski definition) is 2. The molecule has 0 aliphatic carbocycles. The van der Waals surface area contributed by atoms with Gasteiger partial charge in [-0.15, -0.1) is 0 Å². The van der Waals surface area contributed by atoms with Gasteiger partial charge in [-0.25, -0.2) is 9.24 Å². The van der Waals surface area contributed by atoms with Crippen molar-refractivity contribution in [2.45, 2.75) is 12.6 Å². The third kappa shape index (κ3) is 4.24. The number of ether oxygens (including phenoxy) is 1. The maximum Gasteiger partial charge on any atom is 0.215 e. The Balaban J connectivity index is 1.67. The molecular weight excluding hydrogens is 323 g/mol. The fraction of sp³-hybridized carbons (Fsp3) is 0.333. The standard InChI is InChI=1S/C18H19FN4O2/c1-20-14-6-5-13(16(19)9-14)12-25-18-4-2-3-17(22-18)23-8-7-21-15(10-23)11-24/h2-6,9,15,21,24H,7-8,10-12H2/t15-/m1/s1. The van der Waals surface area contributed by atoms with Crippen LogP contribution in [0, 0.1) is 12.4 Å². The summed E-state index contributed by atoms with van der Waals surface area (Å²) in [5.74, 6) is 0.712. The van der Waals surface area contributed by atoms with Crippen molar-refractivity contribution in [3.05, 3.63) is 59.2 Å². The van der Waals surface area contributed by atoms with E-state index in [0.29, 0.717) is 18.0 Å². The van der Waals surface area contributed by atoms with Crippen molar-refractivity contribution < 1.29 is 14.2 Å². The maximum absolute atomic E-state index is 13.9. The molecule has 2 aromatic rings. The minimum absolute atomic E-state index is 0.0233. The molecule has 0 unspecified atom stereocenters. The first-order valence-electron chi connectivity index (χ1n) is 8.04. The van der Waals surface area contributed by atoms with E-state index in [0.717, 1.165) is 18.9 Å². The Morgan fingerprint density at radius 2 is 2.28 bits per heavy atom. The molecule has 1 fully saturated rings. The molecule has 1 aliphatic heterocycles. The highest BCUT2D eigenvalue weighted by Gasteiger charge is 2.19. The van der Waals surface area contributed by atoms with Crippen molar-refractivity contribution in [3.8, 4) is 5.88 Å². The van der Waals surface area contributed by atoms with Gasteiger partial charge in [0, 0.05) is 37.3 Å². The lowest BCUT2D eigenvalue weighted by molar-refractivity contribution is 0.235. The molecule has 25 heavy (non-hydrogen) atoms. The van der Waals surface area contributed by atoms with Crippen LogP contribution in [0.25, 0.3) is 4.85 Å². The summed E-state index contributed by atoms with van der Waals surface area (Å²) in [5.41, 5.74) is 0.639. The highest BCUT2D eigenvalue weighted by atomic mass is 19.1. The molecule has 0 saturated carbocycles. The Morgan fingerprint density at radius 3 is 3.04 bits per heavy atom. The highest BCUT2D eigenvalue weighted by Crippen LogP contribution is 2.21. The average molecular weight is 342 g/mol. The number of piperazine rings is 1. The van der Waals surface area contributed by atoms with E-state index in [1.54, 1.807) is 18.2 Å². The second-order valence-corrected chi connectivity index (χ2v) is 5.79. The third-order valence-corrected chi connectivity index (χ3v) is 4.05. The van der Waals surface area contributed by atoms with Gasteiger partial charge in [0.05, 0.1) is 13.2 Å². The fourth-order valence-corrected chi connectivity index (χ4v) is 2.69. The number of pyridine rings is 1. The van der Waals surface area contributed by atoms with Gasteiger partial charge in [0.15, 0.2) is 5.69 Å². The Labute approximate surface area is 145 Å². The number of aliphatic hydroxyl groups excluding tert-OH is 1. The molecule has 1 saturated heterocycles. The van der Waals surface area contributed by atoms with Gasteiger partial charge in [-0.1, -0.05) is 18.2 Å². The molecule has 6 nitrogen and oxygen atoms in total. The van der Waals surface area contributed by atoms with Crippen molar-refractivity contribution in [2.24, 2.45) is 0 Å². The third-order valence-electron chi connectivity index (χ3n) is 4.05. The van der Waals surface area contributed by atoms with Crippen LogP contribution in [0.1, 0.15) is 5.56 Å². The van der Waals surface area contributed by atoms with Crippen LogP contribution in [-0.2, 0) is 6.61 Å². The fourth-order valence-electron chi connectivity index (χ4n) is 2.69. The van der Waals surface area contributed by atoms with E-state index < -0.39 is 5.82 Å². The second kappa shape index (κ2) is 7.92. The first kappa shape index (κ1) is 17.1. The first-order chi connectivity index (χ1) is 12.2. The molecule has 1 aliphatic rings. The lowest BCUT2D eigenvalue weighted by Gasteiger charge is -2.33. The highest BCUT2D eigenvalue weighted by molar-refractivity contribution is 5.46. The van der Waals surface area contributed by atoms with Crippen molar-refractivity contribution in [2.75, 3.05) is 31.1 Å². The molecule has 1 aromatic heterocycles. The lowest BCUT2D eigenvalue weighted by Crippen LogP contribution is -2.52. The van der Waals surface area contributed by atoms with E-state index in [1.165, 1.54) is 6.07 Å². The van der Waals surface area contributed by atoms with Crippen molar-refractivity contribution >= 4 is 11.5 Å². The summed E-state index contributed by atoms with van der Waals surface area (Å²) in [6.45, 7) is 9.24. The average Bonchev–Trinajstić information content (AvgIpc) is 2.67. The first-order valence-corrected chi connectivity index (χ1v) is 8.04. The number of aliphatic hydroxyl groups is 1. The molecule has 0 spiro atoms. The molecule has 7 heteroatoms. The molecule has 0 radical (unpaired) electrons. The molecule has 3 rings (SSSR count). The van der Waals surface area contributed by atoms with Gasteiger partial charge in [0.25, 0.3) is 0 Å². The zero-order valence-electron chi connectivity index (χ0n) is 13.7. The minimum Gasteiger partial charge on any atom is -0.473 e. The van der Waals surface area contributed by atoms with Crippen molar-refractivity contribution in [3.63, 3.8) is 0 Å². The van der Waals surface area contributed by atoms with Gasteiger partial charge in [0.2, 0.25) is 5.88 Å². The normalized spacial score (nSPS) is 17.2. The Morgan fingerprint density at radius 1 is 1.40 bits per heavy atom. The largest absolute Gasteiger partial charge is 0.473 e. The summed E-state index contributed by atoms with van der Waals surface area (Å²) in [6, 6.07) is 9.79. The van der Waals surface area contributed by atoms with Gasteiger partial charge in [0.1, 0.15) is 18.2 Å². The molecule has 1 atom stereocenters. The monoisotopic (exact) mass is 342 g/mol. The van der Waals surface area contributed by atoms with Crippen LogP contribution in [0.15, 0.2) is 36.4 Å². The smallest absolute Gasteiger partial charge is 0.215 e. The molecule has 2 N–H and O–H groups in total. The number of aromatic nitrogens is 1. The van der Waals surface area contributed by atoms with Crippen LogP contribution in [-0.4, -0.2) is 42.4 Å². The lowest BCUT2D eigenvalue weighted by atomic mass is 10.2. The van der Waals surface area contributed by atoms with Crippen LogP contribution in [0.5, 0.6) is 5.88 Å². The van der Waals surface area contributed by atoms with Crippen LogP contribution < -0.4 is 15.0 Å². The number of halogens is 1. The van der Waals surface area contributed by atoms with Crippen LogP contribution in [0.4, 0.5) is 15.9 Å². The summed E-state index contributed by atoms with van der Waals surface area (Å²) in [7, 11) is 0. The molecule has 2 heterocycles. The van der Waals surface area contributed by atoms with E-state index in [9.17, 15) is 9.50 Å². The summed E-state index contributed by atoms with van der Waals surface area (Å²) >= 11 is 0. The van der Waals surface area contributed by atoms with Crippen LogP contribution in [0.3, 0.4) is 0 Å². The predicted molar refractivity (Wildman–Crippen MR) is 92.3 cm³/mol. The van der Waals surface area contributed by atoms with Crippen LogP contribution in [0.2, 0.25) is 0 Å². The summed E-state index contributed by atoms with van der Waals surface area (Å²) in [6.07, 6.45) is 0. The number of benzene rings is 1. The van der Waals surface area contributed by atoms with E-state index in [1.807, 2.05) is 12.1 Å². The predicted octanol–water partition coefficient (Wildman–Crippen LogP) is 2.12. The summed E-state index contributed by atoms with van der Waals surface area (Å²) in [4.78, 5) is 9.74. The van der Waals surface area contributed by atoms with Crippen molar-refractivity contribution in [1.29, 1.82) is 0 Å². The van der Waals surface area contributed by atoms with Gasteiger partial charge in [-0.2, -0.15) is 4.98 Å². The number of rotatable bonds is 5. The van der Waals surface area contributed by atoms with Gasteiger partial charge >= 0.3 is 0 Å². The van der Waals surface area contributed by atoms with Gasteiger partial charge in [-0.05, 0) is 12.1 Å². The zero-order valence-corrected chi connectivity index (χ0v) is 13.7. The second-order valence-electron chi connectivity index (χ2n) is 5.79. The van der Waals surface area contributed by atoms with Crippen LogP contribution >= 0.6 is 0 Å². The Hall–Kier alpha value is -2.69. The SMILES string of the molecule is [C-]#[N+]c1ccc(COc2cccc(N3CCN[C@@H](CO)C3)n2)c(F)c1. The number of hydrogen-bond acceptors (Lipinski definition) is 5. The summed E-state index contributed by atoms with van der Waals surface area (Å²) < 4.78 is 19.5. The molecule has 0 amide bonds. The molecule has 0 bridgehead atoms. The molecule has 1 aromatic carbocycles. The molecular formula is C18H19FN4O2. The van der Waals surface area contributed by atoms with E-state index >= 15 is 0 Å². The minimum atomic E-state index is -0.461. The Bertz CT molecular complexity index is 778. The van der Waals surface area contributed by atoms with Gasteiger partial charge < -0.3 is 20.1 Å². The van der Waals surface area contributed by atoms with Gasteiger partial charge in [-0.3, -0.25) is 0 Å². The number of nitrogens with zero attached hydrogens (tertiary/aromatic N) is 3. The van der Waals surface area contributed by atoms with E-state index in [2.05, 4.69) is 20.0 Å². The quantitative estimate of drug-likeness (QED) is 0.815. The van der Waals surface area contributed by atoms with Crippen molar-refractivity contribution in [1.82, 2.24) is 10.3 Å². The topological polar surface area (TPSA) is 62.0 Å². The van der Waals surface area contributed by atoms with E-state index in [4.69, 9.17) is 11.3 Å². The zero-order chi connectivity index (χ0) is 17.6. The number of nitrogens with one attached hydrogen (secondary N) is 1. The molecule has 130 valence electrons. The Kier molecular flexibility index (Phi) is 5.43.